The molecular formula is C12H15F3N2O. The van der Waals surface area contributed by atoms with Crippen LogP contribution >= 0.6 is 0 Å². The molecule has 1 unspecified atom stereocenters. The third-order valence-corrected chi connectivity index (χ3v) is 3.05. The van der Waals surface area contributed by atoms with Crippen molar-refractivity contribution in [3.63, 3.8) is 0 Å². The molecule has 1 aliphatic heterocycles. The molecule has 0 saturated carbocycles. The fourth-order valence-electron chi connectivity index (χ4n) is 2.09. The summed E-state index contributed by atoms with van der Waals surface area (Å²) < 4.78 is 38.5. The highest BCUT2D eigenvalue weighted by Gasteiger charge is 2.44. The lowest BCUT2D eigenvalue weighted by molar-refractivity contribution is -0.188. The number of piperazine rings is 1. The van der Waals surface area contributed by atoms with E-state index in [1.807, 2.05) is 0 Å². The van der Waals surface area contributed by atoms with Gasteiger partial charge in [-0.15, -0.1) is 0 Å². The summed E-state index contributed by atoms with van der Waals surface area (Å²) in [5.74, 6) is 0.117. The highest BCUT2D eigenvalue weighted by molar-refractivity contribution is 5.25. The quantitative estimate of drug-likeness (QED) is 0.850. The van der Waals surface area contributed by atoms with Gasteiger partial charge >= 0.3 is 6.18 Å². The Hall–Kier alpha value is -1.27. The fraction of sp³-hybridized carbons (Fsp3) is 0.500. The molecule has 1 aromatic rings. The smallest absolute Gasteiger partial charge is 0.405 e. The summed E-state index contributed by atoms with van der Waals surface area (Å²) in [6, 6.07) is 4.82. The second-order valence-electron chi connectivity index (χ2n) is 4.40. The van der Waals surface area contributed by atoms with E-state index in [0.29, 0.717) is 13.1 Å². The molecule has 18 heavy (non-hydrogen) atoms. The minimum absolute atomic E-state index is 0.0679. The molecule has 0 bridgehead atoms. The van der Waals surface area contributed by atoms with Crippen LogP contribution in [-0.4, -0.2) is 41.9 Å². The summed E-state index contributed by atoms with van der Waals surface area (Å²) in [6.07, 6.45) is -4.22. The minimum atomic E-state index is -4.22. The molecule has 1 heterocycles. The summed E-state index contributed by atoms with van der Waals surface area (Å²) in [7, 11) is 0. The van der Waals surface area contributed by atoms with E-state index in [1.54, 1.807) is 12.1 Å². The van der Waals surface area contributed by atoms with Crippen LogP contribution in [0.4, 0.5) is 13.2 Å². The summed E-state index contributed by atoms with van der Waals surface area (Å²) in [4.78, 5) is 1.42. The van der Waals surface area contributed by atoms with Crippen molar-refractivity contribution in [3.8, 4) is 5.75 Å². The molecule has 2 rings (SSSR count). The largest absolute Gasteiger partial charge is 0.508 e. The molecule has 1 aliphatic rings. The lowest BCUT2D eigenvalue weighted by atomic mass is 10.1. The standard InChI is InChI=1S/C12H15F3N2O/c13-12(14,15)11-7-16-5-6-17(11)8-9-1-3-10(18)4-2-9/h1-4,11,16,18H,5-8H2. The first-order valence-corrected chi connectivity index (χ1v) is 5.76. The Balaban J connectivity index is 2.08. The Morgan fingerprint density at radius 3 is 2.56 bits per heavy atom. The van der Waals surface area contributed by atoms with Gasteiger partial charge in [-0.2, -0.15) is 13.2 Å². The summed E-state index contributed by atoms with van der Waals surface area (Å²) in [5.41, 5.74) is 0.768. The number of rotatable bonds is 2. The molecule has 0 aromatic heterocycles. The summed E-state index contributed by atoms with van der Waals surface area (Å²) in [6.45, 7) is 1.10. The van der Waals surface area contributed by atoms with Gasteiger partial charge in [0.1, 0.15) is 11.8 Å². The fourth-order valence-corrected chi connectivity index (χ4v) is 2.09. The minimum Gasteiger partial charge on any atom is -0.508 e. The van der Waals surface area contributed by atoms with Gasteiger partial charge < -0.3 is 10.4 Å². The van der Waals surface area contributed by atoms with Crippen LogP contribution < -0.4 is 5.32 Å². The molecule has 3 nitrogen and oxygen atoms in total. The average molecular weight is 260 g/mol. The van der Waals surface area contributed by atoms with Crippen molar-refractivity contribution in [2.75, 3.05) is 19.6 Å². The second kappa shape index (κ2) is 5.16. The maximum absolute atomic E-state index is 12.8. The maximum atomic E-state index is 12.8. The van der Waals surface area contributed by atoms with Gasteiger partial charge in [-0.1, -0.05) is 12.1 Å². The number of phenols is 1. The van der Waals surface area contributed by atoms with E-state index in [9.17, 15) is 13.2 Å². The van der Waals surface area contributed by atoms with Crippen LogP contribution in [0.25, 0.3) is 0 Å². The summed E-state index contributed by atoms with van der Waals surface area (Å²) >= 11 is 0. The highest BCUT2D eigenvalue weighted by Crippen LogP contribution is 2.27. The monoisotopic (exact) mass is 260 g/mol. The zero-order chi connectivity index (χ0) is 13.2. The van der Waals surface area contributed by atoms with E-state index in [2.05, 4.69) is 5.32 Å². The van der Waals surface area contributed by atoms with Crippen LogP contribution in [0.15, 0.2) is 24.3 Å². The van der Waals surface area contributed by atoms with Crippen molar-refractivity contribution in [2.45, 2.75) is 18.8 Å². The molecule has 6 heteroatoms. The predicted molar refractivity (Wildman–Crippen MR) is 61.2 cm³/mol. The molecule has 1 atom stereocenters. The number of alkyl halides is 3. The van der Waals surface area contributed by atoms with Crippen molar-refractivity contribution in [2.24, 2.45) is 0 Å². The number of halogens is 3. The molecule has 100 valence electrons. The molecular weight excluding hydrogens is 245 g/mol. The molecule has 0 amide bonds. The van der Waals surface area contributed by atoms with E-state index < -0.39 is 12.2 Å². The number of phenolic OH excluding ortho intramolecular Hbond substituents is 1. The highest BCUT2D eigenvalue weighted by atomic mass is 19.4. The van der Waals surface area contributed by atoms with E-state index in [4.69, 9.17) is 5.11 Å². The SMILES string of the molecule is Oc1ccc(CN2CCNCC2C(F)(F)F)cc1. The van der Waals surface area contributed by atoms with Crippen LogP contribution in [0, 0.1) is 0 Å². The first-order chi connectivity index (χ1) is 8.47. The van der Waals surface area contributed by atoms with Crippen LogP contribution in [0.2, 0.25) is 0 Å². The van der Waals surface area contributed by atoms with Crippen molar-refractivity contribution in [3.05, 3.63) is 29.8 Å². The molecule has 0 radical (unpaired) electrons. The predicted octanol–water partition coefficient (Wildman–Crippen LogP) is 1.73. The molecule has 1 fully saturated rings. The average Bonchev–Trinajstić information content (AvgIpc) is 2.31. The Labute approximate surface area is 103 Å². The van der Waals surface area contributed by atoms with Gasteiger partial charge in [-0.25, -0.2) is 0 Å². The first kappa shape index (κ1) is 13.2. The van der Waals surface area contributed by atoms with E-state index in [0.717, 1.165) is 5.56 Å². The van der Waals surface area contributed by atoms with Crippen LogP contribution in [0.1, 0.15) is 5.56 Å². The van der Waals surface area contributed by atoms with Gasteiger partial charge in [-0.05, 0) is 17.7 Å². The third-order valence-electron chi connectivity index (χ3n) is 3.05. The number of hydrogen-bond donors (Lipinski definition) is 2. The zero-order valence-electron chi connectivity index (χ0n) is 9.74. The number of benzene rings is 1. The lowest BCUT2D eigenvalue weighted by Crippen LogP contribution is -2.57. The van der Waals surface area contributed by atoms with Gasteiger partial charge in [0.25, 0.3) is 0 Å². The van der Waals surface area contributed by atoms with E-state index in [-0.39, 0.29) is 18.8 Å². The van der Waals surface area contributed by atoms with Crippen molar-refractivity contribution >= 4 is 0 Å². The van der Waals surface area contributed by atoms with Crippen LogP contribution in [-0.2, 0) is 6.54 Å². The van der Waals surface area contributed by atoms with Crippen LogP contribution in [0.3, 0.4) is 0 Å². The lowest BCUT2D eigenvalue weighted by Gasteiger charge is -2.37. The van der Waals surface area contributed by atoms with Crippen molar-refractivity contribution in [1.29, 1.82) is 0 Å². The Kier molecular flexibility index (Phi) is 3.77. The summed E-state index contributed by atoms with van der Waals surface area (Å²) in [5, 5.41) is 11.9. The molecule has 0 spiro atoms. The molecule has 1 saturated heterocycles. The Morgan fingerprint density at radius 1 is 1.28 bits per heavy atom. The van der Waals surface area contributed by atoms with E-state index >= 15 is 0 Å². The number of hydrogen-bond acceptors (Lipinski definition) is 3. The molecule has 2 N–H and O–H groups in total. The van der Waals surface area contributed by atoms with E-state index in [1.165, 1.54) is 17.0 Å². The molecule has 1 aromatic carbocycles. The van der Waals surface area contributed by atoms with Crippen molar-refractivity contribution < 1.29 is 18.3 Å². The van der Waals surface area contributed by atoms with Gasteiger partial charge in [0, 0.05) is 26.2 Å². The normalized spacial score (nSPS) is 22.1. The Morgan fingerprint density at radius 2 is 1.94 bits per heavy atom. The second-order valence-corrected chi connectivity index (χ2v) is 4.40. The maximum Gasteiger partial charge on any atom is 0.405 e. The third kappa shape index (κ3) is 3.14. The van der Waals surface area contributed by atoms with Gasteiger partial charge in [0.15, 0.2) is 0 Å². The number of nitrogens with one attached hydrogen (secondary N) is 1. The zero-order valence-corrected chi connectivity index (χ0v) is 9.74. The van der Waals surface area contributed by atoms with Crippen molar-refractivity contribution in [1.82, 2.24) is 10.2 Å². The van der Waals surface area contributed by atoms with Gasteiger partial charge in [0.2, 0.25) is 0 Å². The van der Waals surface area contributed by atoms with Gasteiger partial charge in [0.05, 0.1) is 0 Å². The number of nitrogens with zero attached hydrogens (tertiary/aromatic N) is 1. The number of aromatic hydroxyl groups is 1. The topological polar surface area (TPSA) is 35.5 Å². The molecule has 0 aliphatic carbocycles. The first-order valence-electron chi connectivity index (χ1n) is 5.76. The van der Waals surface area contributed by atoms with Gasteiger partial charge in [-0.3, -0.25) is 4.90 Å². The Bertz CT molecular complexity index is 391. The van der Waals surface area contributed by atoms with Crippen LogP contribution in [0.5, 0.6) is 5.75 Å².